The Hall–Kier alpha value is -1.91. The van der Waals surface area contributed by atoms with E-state index in [-0.39, 0.29) is 35.4 Å². The minimum absolute atomic E-state index is 0.00359. The van der Waals surface area contributed by atoms with Gasteiger partial charge >= 0.3 is 0 Å². The third-order valence-electron chi connectivity index (χ3n) is 5.02. The highest BCUT2D eigenvalue weighted by molar-refractivity contribution is 5.85. The lowest BCUT2D eigenvalue weighted by Gasteiger charge is -2.18. The van der Waals surface area contributed by atoms with Crippen LogP contribution in [0.3, 0.4) is 0 Å². The average molecular weight is 332 g/mol. The number of carbonyl (C=O) groups excluding carboxylic acids is 2. The van der Waals surface area contributed by atoms with Gasteiger partial charge in [0.05, 0.1) is 5.92 Å². The lowest BCUT2D eigenvalue weighted by Crippen LogP contribution is -2.36. The van der Waals surface area contributed by atoms with Crippen molar-refractivity contribution in [2.24, 2.45) is 11.8 Å². The summed E-state index contributed by atoms with van der Waals surface area (Å²) in [4.78, 5) is 26.8. The fraction of sp³-hybridized carbons (Fsp3) is 0.579. The molecule has 1 saturated carbocycles. The van der Waals surface area contributed by atoms with Crippen molar-refractivity contribution in [1.82, 2.24) is 10.2 Å². The number of hydrogen-bond donors (Lipinski definition) is 1. The van der Waals surface area contributed by atoms with E-state index in [0.717, 1.165) is 31.2 Å². The van der Waals surface area contributed by atoms with Crippen molar-refractivity contribution >= 4 is 11.8 Å². The standard InChI is InChI=1S/C19H25FN2O2/c1-2-3-10-21-18(23)17-12-22(19(24)14-4-5-14)11-16(17)13-6-8-15(20)9-7-13/h6-9,14,16-17H,2-5,10-12H2,1H3,(H,21,23)/t16-,17+/m0/s1. The van der Waals surface area contributed by atoms with Crippen molar-refractivity contribution in [3.63, 3.8) is 0 Å². The Balaban J connectivity index is 1.74. The van der Waals surface area contributed by atoms with Gasteiger partial charge < -0.3 is 10.2 Å². The summed E-state index contributed by atoms with van der Waals surface area (Å²) in [6.45, 7) is 3.76. The fourth-order valence-corrected chi connectivity index (χ4v) is 3.41. The number of carbonyl (C=O) groups is 2. The summed E-state index contributed by atoms with van der Waals surface area (Å²) >= 11 is 0. The topological polar surface area (TPSA) is 49.4 Å². The number of nitrogens with one attached hydrogen (secondary N) is 1. The van der Waals surface area contributed by atoms with Gasteiger partial charge in [0.2, 0.25) is 11.8 Å². The largest absolute Gasteiger partial charge is 0.356 e. The maximum Gasteiger partial charge on any atom is 0.225 e. The van der Waals surface area contributed by atoms with Crippen molar-refractivity contribution in [2.75, 3.05) is 19.6 Å². The zero-order valence-electron chi connectivity index (χ0n) is 14.1. The first-order valence-electron chi connectivity index (χ1n) is 8.92. The maximum absolute atomic E-state index is 13.2. The zero-order chi connectivity index (χ0) is 17.1. The van der Waals surface area contributed by atoms with Crippen LogP contribution in [0.15, 0.2) is 24.3 Å². The molecule has 3 rings (SSSR count). The molecule has 1 saturated heterocycles. The van der Waals surface area contributed by atoms with Gasteiger partial charge in [-0.2, -0.15) is 0 Å². The van der Waals surface area contributed by atoms with Gasteiger partial charge in [-0.25, -0.2) is 4.39 Å². The Labute approximate surface area is 142 Å². The first-order valence-corrected chi connectivity index (χ1v) is 8.92. The van der Waals surface area contributed by atoms with Crippen LogP contribution in [0.25, 0.3) is 0 Å². The SMILES string of the molecule is CCCCNC(=O)[C@@H]1CN(C(=O)C2CC2)C[C@H]1c1ccc(F)cc1. The Morgan fingerprint density at radius 2 is 1.92 bits per heavy atom. The van der Waals surface area contributed by atoms with E-state index in [1.807, 2.05) is 4.90 Å². The quantitative estimate of drug-likeness (QED) is 0.814. The normalized spacial score (nSPS) is 23.3. The van der Waals surface area contributed by atoms with Gasteiger partial charge in [0, 0.05) is 31.5 Å². The summed E-state index contributed by atoms with van der Waals surface area (Å²) in [5.74, 6) is -0.271. The Morgan fingerprint density at radius 1 is 1.21 bits per heavy atom. The molecule has 2 amide bonds. The average Bonchev–Trinajstić information content (AvgIpc) is 3.33. The molecule has 0 bridgehead atoms. The molecule has 1 N–H and O–H groups in total. The number of benzene rings is 1. The predicted octanol–water partition coefficient (Wildman–Crippen LogP) is 2.69. The first-order chi connectivity index (χ1) is 11.6. The summed E-state index contributed by atoms with van der Waals surface area (Å²) in [5.41, 5.74) is 0.929. The molecule has 0 spiro atoms. The number of nitrogens with zero attached hydrogens (tertiary/aromatic N) is 1. The molecular weight excluding hydrogens is 307 g/mol. The number of hydrogen-bond acceptors (Lipinski definition) is 2. The Morgan fingerprint density at radius 3 is 2.54 bits per heavy atom. The van der Waals surface area contributed by atoms with E-state index in [9.17, 15) is 14.0 Å². The highest BCUT2D eigenvalue weighted by Crippen LogP contribution is 2.37. The molecular formula is C19H25FN2O2. The highest BCUT2D eigenvalue weighted by atomic mass is 19.1. The molecule has 1 aliphatic heterocycles. The van der Waals surface area contributed by atoms with Crippen LogP contribution in [-0.4, -0.2) is 36.3 Å². The van der Waals surface area contributed by atoms with Gasteiger partial charge in [0.25, 0.3) is 0 Å². The van der Waals surface area contributed by atoms with Gasteiger partial charge in [-0.1, -0.05) is 25.5 Å². The second-order valence-corrected chi connectivity index (χ2v) is 6.93. The number of halogens is 1. The van der Waals surface area contributed by atoms with Gasteiger partial charge in [0.15, 0.2) is 0 Å². The Bertz CT molecular complexity index is 598. The van der Waals surface area contributed by atoms with Gasteiger partial charge in [-0.15, -0.1) is 0 Å². The van der Waals surface area contributed by atoms with Crippen molar-refractivity contribution in [2.45, 2.75) is 38.5 Å². The number of likely N-dealkylation sites (tertiary alicyclic amines) is 1. The molecule has 24 heavy (non-hydrogen) atoms. The van der Waals surface area contributed by atoms with Crippen molar-refractivity contribution < 1.29 is 14.0 Å². The maximum atomic E-state index is 13.2. The number of unbranched alkanes of at least 4 members (excludes halogenated alkanes) is 1. The summed E-state index contributed by atoms with van der Waals surface area (Å²) < 4.78 is 13.2. The van der Waals surface area contributed by atoms with E-state index in [1.165, 1.54) is 12.1 Å². The smallest absolute Gasteiger partial charge is 0.225 e. The zero-order valence-corrected chi connectivity index (χ0v) is 14.1. The van der Waals surface area contributed by atoms with E-state index in [4.69, 9.17) is 0 Å². The van der Waals surface area contributed by atoms with Crippen LogP contribution in [0.2, 0.25) is 0 Å². The third kappa shape index (κ3) is 3.77. The van der Waals surface area contributed by atoms with Crippen LogP contribution in [0, 0.1) is 17.7 Å². The second-order valence-electron chi connectivity index (χ2n) is 6.93. The van der Waals surface area contributed by atoms with Crippen LogP contribution in [0.5, 0.6) is 0 Å². The minimum Gasteiger partial charge on any atom is -0.356 e. The number of rotatable bonds is 6. The predicted molar refractivity (Wildman–Crippen MR) is 89.9 cm³/mol. The first kappa shape index (κ1) is 16.9. The van der Waals surface area contributed by atoms with Crippen LogP contribution in [0.1, 0.15) is 44.1 Å². The number of amides is 2. The summed E-state index contributed by atoms with van der Waals surface area (Å²) in [6.07, 6.45) is 3.90. The van der Waals surface area contributed by atoms with Crippen molar-refractivity contribution in [3.8, 4) is 0 Å². The van der Waals surface area contributed by atoms with E-state index >= 15 is 0 Å². The summed E-state index contributed by atoms with van der Waals surface area (Å²) in [6, 6.07) is 6.31. The molecule has 4 nitrogen and oxygen atoms in total. The molecule has 5 heteroatoms. The molecule has 130 valence electrons. The monoisotopic (exact) mass is 332 g/mol. The molecule has 1 aromatic rings. The van der Waals surface area contributed by atoms with Gasteiger partial charge in [-0.3, -0.25) is 9.59 Å². The highest BCUT2D eigenvalue weighted by Gasteiger charge is 2.43. The van der Waals surface area contributed by atoms with Gasteiger partial charge in [-0.05, 0) is 37.0 Å². The molecule has 2 fully saturated rings. The molecule has 2 aliphatic rings. The molecule has 1 aliphatic carbocycles. The van der Waals surface area contributed by atoms with Gasteiger partial charge in [0.1, 0.15) is 5.82 Å². The van der Waals surface area contributed by atoms with Crippen LogP contribution < -0.4 is 5.32 Å². The second kappa shape index (κ2) is 7.32. The molecule has 1 heterocycles. The molecule has 0 unspecified atom stereocenters. The van der Waals surface area contributed by atoms with Crippen LogP contribution in [0.4, 0.5) is 4.39 Å². The molecule has 2 atom stereocenters. The third-order valence-corrected chi connectivity index (χ3v) is 5.02. The van der Waals surface area contributed by atoms with Crippen molar-refractivity contribution in [1.29, 1.82) is 0 Å². The summed E-state index contributed by atoms with van der Waals surface area (Å²) in [5, 5.41) is 2.99. The van der Waals surface area contributed by atoms with E-state index in [2.05, 4.69) is 12.2 Å². The fourth-order valence-electron chi connectivity index (χ4n) is 3.41. The van der Waals surface area contributed by atoms with Crippen LogP contribution in [-0.2, 0) is 9.59 Å². The van der Waals surface area contributed by atoms with E-state index < -0.39 is 0 Å². The lowest BCUT2D eigenvalue weighted by atomic mass is 9.88. The summed E-state index contributed by atoms with van der Waals surface area (Å²) in [7, 11) is 0. The Kier molecular flexibility index (Phi) is 5.17. The molecule has 1 aromatic carbocycles. The molecule has 0 aromatic heterocycles. The van der Waals surface area contributed by atoms with Crippen molar-refractivity contribution in [3.05, 3.63) is 35.6 Å². The molecule has 0 radical (unpaired) electrons. The van der Waals surface area contributed by atoms with E-state index in [1.54, 1.807) is 12.1 Å². The van der Waals surface area contributed by atoms with E-state index in [0.29, 0.717) is 19.6 Å². The minimum atomic E-state index is -0.286. The van der Waals surface area contributed by atoms with Crippen LogP contribution >= 0.6 is 0 Å². The lowest BCUT2D eigenvalue weighted by molar-refractivity contribution is -0.132.